The molecular formula is C39H41F4N5O2S. The number of hydrogen-bond acceptors (Lipinski definition) is 6. The second kappa shape index (κ2) is 15.0. The van der Waals surface area contributed by atoms with Crippen molar-refractivity contribution in [3.8, 4) is 5.75 Å². The minimum Gasteiger partial charge on any atom is -0.497 e. The highest BCUT2D eigenvalue weighted by atomic mass is 32.2. The zero-order chi connectivity index (χ0) is 36.4. The molecule has 268 valence electrons. The Bertz CT molecular complexity index is 2000. The molecule has 0 bridgehead atoms. The number of hydrogen-bond donors (Lipinski definition) is 2. The SMILES string of the molecule is COc1ccc(CNC2CC(C(=O)Nc3ccc(C(F)(F)F)cc3F)[C@H](C)C(c3ccc(N(C)Sc4ccc5c(c4)nc(C)n5C)cc3)C2)cc1. The van der Waals surface area contributed by atoms with Crippen LogP contribution in [-0.4, -0.2) is 35.7 Å². The monoisotopic (exact) mass is 719 g/mol. The number of fused-ring (bicyclic) bond motifs is 1. The molecule has 0 spiro atoms. The summed E-state index contributed by atoms with van der Waals surface area (Å²) in [7, 11) is 5.63. The van der Waals surface area contributed by atoms with Crippen LogP contribution in [0.15, 0.2) is 89.8 Å². The number of carbonyl (C=O) groups is 1. The van der Waals surface area contributed by atoms with Crippen LogP contribution in [0.5, 0.6) is 5.75 Å². The molecule has 4 aromatic carbocycles. The van der Waals surface area contributed by atoms with E-state index in [4.69, 9.17) is 4.74 Å². The van der Waals surface area contributed by atoms with Crippen molar-refractivity contribution in [3.63, 3.8) is 0 Å². The van der Waals surface area contributed by atoms with Crippen molar-refractivity contribution in [2.75, 3.05) is 23.8 Å². The van der Waals surface area contributed by atoms with Crippen molar-refractivity contribution in [1.29, 1.82) is 0 Å². The Balaban J connectivity index is 1.20. The lowest BCUT2D eigenvalue weighted by Gasteiger charge is -2.40. The number of aromatic nitrogens is 2. The summed E-state index contributed by atoms with van der Waals surface area (Å²) in [5, 5.41) is 6.21. The van der Waals surface area contributed by atoms with E-state index < -0.39 is 29.4 Å². The maximum Gasteiger partial charge on any atom is 0.416 e. The molecule has 3 unspecified atom stereocenters. The largest absolute Gasteiger partial charge is 0.497 e. The number of methoxy groups -OCH3 is 1. The topological polar surface area (TPSA) is 71.4 Å². The fourth-order valence-electron chi connectivity index (χ4n) is 6.89. The van der Waals surface area contributed by atoms with Crippen LogP contribution >= 0.6 is 11.9 Å². The van der Waals surface area contributed by atoms with Crippen LogP contribution in [0.2, 0.25) is 0 Å². The molecule has 2 N–H and O–H groups in total. The predicted molar refractivity (Wildman–Crippen MR) is 194 cm³/mol. The molecule has 0 radical (unpaired) electrons. The van der Waals surface area contributed by atoms with Crippen LogP contribution in [0, 0.1) is 24.6 Å². The second-order valence-corrected chi connectivity index (χ2v) is 14.4. The van der Waals surface area contributed by atoms with Crippen LogP contribution in [-0.2, 0) is 24.6 Å². The number of nitrogens with zero attached hydrogens (tertiary/aromatic N) is 3. The molecule has 51 heavy (non-hydrogen) atoms. The first-order chi connectivity index (χ1) is 24.3. The molecule has 5 aromatic rings. The molecule has 6 rings (SSSR count). The van der Waals surface area contributed by atoms with E-state index in [0.717, 1.165) is 62.9 Å². The third-order valence-electron chi connectivity index (χ3n) is 9.99. The van der Waals surface area contributed by atoms with Gasteiger partial charge in [0.25, 0.3) is 0 Å². The van der Waals surface area contributed by atoms with Gasteiger partial charge in [-0.3, -0.25) is 4.79 Å². The van der Waals surface area contributed by atoms with Gasteiger partial charge in [-0.05, 0) is 115 Å². The smallest absolute Gasteiger partial charge is 0.416 e. The van der Waals surface area contributed by atoms with Crippen LogP contribution in [0.3, 0.4) is 0 Å². The van der Waals surface area contributed by atoms with E-state index >= 15 is 0 Å². The summed E-state index contributed by atoms with van der Waals surface area (Å²) in [6, 6.07) is 24.4. The van der Waals surface area contributed by atoms with Crippen LogP contribution < -0.4 is 19.7 Å². The quantitative estimate of drug-likeness (QED) is 0.111. The number of amides is 1. The zero-order valence-electron chi connectivity index (χ0n) is 29.1. The highest BCUT2D eigenvalue weighted by Crippen LogP contribution is 2.43. The summed E-state index contributed by atoms with van der Waals surface area (Å²) >= 11 is 1.60. The molecule has 1 amide bonds. The third kappa shape index (κ3) is 8.18. The number of rotatable bonds is 10. The molecule has 1 fully saturated rings. The molecule has 4 atom stereocenters. The Kier molecular flexibility index (Phi) is 10.6. The average molecular weight is 720 g/mol. The summed E-state index contributed by atoms with van der Waals surface area (Å²) in [4.78, 5) is 19.5. The molecule has 12 heteroatoms. The van der Waals surface area contributed by atoms with Crippen molar-refractivity contribution in [1.82, 2.24) is 14.9 Å². The Morgan fingerprint density at radius 1 is 1.02 bits per heavy atom. The standard InChI is InChI=1S/C39H41F4N5O2S/c1-23-32(26-8-11-29(12-9-26)48(4)51-31-15-17-37-36(21-31)45-24(2)47(37)3)19-28(44-22-25-6-13-30(50-5)14-7-25)20-33(23)38(49)46-35-16-10-27(18-34(35)40)39(41,42)43/h6-18,21,23,28,32-33,44H,19-20,22H2,1-5H3,(H,46,49)/t23-,28?,32?,33?/m1/s1. The highest BCUT2D eigenvalue weighted by Gasteiger charge is 2.40. The van der Waals surface area contributed by atoms with E-state index in [1.165, 1.54) is 0 Å². The Morgan fingerprint density at radius 3 is 2.41 bits per heavy atom. The second-order valence-electron chi connectivity index (χ2n) is 13.2. The van der Waals surface area contributed by atoms with Gasteiger partial charge in [0.15, 0.2) is 0 Å². The fraction of sp³-hybridized carbons (Fsp3) is 0.333. The average Bonchev–Trinajstić information content (AvgIpc) is 3.40. The molecule has 1 aromatic heterocycles. The Hall–Kier alpha value is -4.55. The molecule has 1 aliphatic carbocycles. The summed E-state index contributed by atoms with van der Waals surface area (Å²) < 4.78 is 63.6. The number of ether oxygens (including phenoxy) is 1. The van der Waals surface area contributed by atoms with Crippen molar-refractivity contribution in [2.24, 2.45) is 18.9 Å². The third-order valence-corrected chi connectivity index (χ3v) is 10.9. The van der Waals surface area contributed by atoms with Gasteiger partial charge in [0.2, 0.25) is 5.91 Å². The number of aryl methyl sites for hydroxylation is 2. The number of nitrogens with one attached hydrogen (secondary N) is 2. The number of imidazole rings is 1. The summed E-state index contributed by atoms with van der Waals surface area (Å²) in [5.41, 5.74) is 3.79. The number of anilines is 2. The van der Waals surface area contributed by atoms with Gasteiger partial charge in [0, 0.05) is 43.2 Å². The summed E-state index contributed by atoms with van der Waals surface area (Å²) in [5.74, 6) is -0.501. The lowest BCUT2D eigenvalue weighted by atomic mass is 9.68. The van der Waals surface area contributed by atoms with E-state index in [2.05, 4.69) is 67.0 Å². The first kappa shape index (κ1) is 36.2. The maximum absolute atomic E-state index is 14.8. The summed E-state index contributed by atoms with van der Waals surface area (Å²) in [6.07, 6.45) is -3.43. The summed E-state index contributed by atoms with van der Waals surface area (Å²) in [6.45, 7) is 4.58. The van der Waals surface area contributed by atoms with E-state index in [9.17, 15) is 22.4 Å². The Morgan fingerprint density at radius 2 is 1.75 bits per heavy atom. The molecule has 1 heterocycles. The van der Waals surface area contributed by atoms with Gasteiger partial charge in [0.1, 0.15) is 17.4 Å². The minimum absolute atomic E-state index is 0.0119. The van der Waals surface area contributed by atoms with Crippen molar-refractivity contribution >= 4 is 40.3 Å². The van der Waals surface area contributed by atoms with Gasteiger partial charge in [-0.1, -0.05) is 31.2 Å². The number of alkyl halides is 3. The molecular weight excluding hydrogens is 679 g/mol. The minimum atomic E-state index is -4.69. The number of halogens is 4. The van der Waals surface area contributed by atoms with Gasteiger partial charge in [-0.25, -0.2) is 9.37 Å². The first-order valence-corrected chi connectivity index (χ1v) is 17.6. The molecule has 1 aliphatic rings. The van der Waals surface area contributed by atoms with E-state index in [1.807, 2.05) is 52.2 Å². The van der Waals surface area contributed by atoms with Crippen LogP contribution in [0.4, 0.5) is 28.9 Å². The first-order valence-electron chi connectivity index (χ1n) is 16.8. The van der Waals surface area contributed by atoms with Gasteiger partial charge in [-0.15, -0.1) is 0 Å². The molecule has 0 aliphatic heterocycles. The maximum atomic E-state index is 14.8. The van der Waals surface area contributed by atoms with E-state index in [1.54, 1.807) is 19.1 Å². The van der Waals surface area contributed by atoms with E-state index in [-0.39, 0.29) is 23.6 Å². The molecule has 7 nitrogen and oxygen atoms in total. The van der Waals surface area contributed by atoms with Gasteiger partial charge < -0.3 is 24.2 Å². The number of carbonyl (C=O) groups excluding carboxylic acids is 1. The predicted octanol–water partition coefficient (Wildman–Crippen LogP) is 9.12. The van der Waals surface area contributed by atoms with Gasteiger partial charge in [0.05, 0.1) is 29.4 Å². The fourth-order valence-corrected chi connectivity index (χ4v) is 7.73. The van der Waals surface area contributed by atoms with Crippen LogP contribution in [0.25, 0.3) is 11.0 Å². The Labute approximate surface area is 299 Å². The molecule has 1 saturated carbocycles. The van der Waals surface area contributed by atoms with Crippen molar-refractivity contribution in [2.45, 2.75) is 56.3 Å². The normalized spacial score (nSPS) is 19.2. The van der Waals surface area contributed by atoms with Gasteiger partial charge >= 0.3 is 6.18 Å². The zero-order valence-corrected chi connectivity index (χ0v) is 29.9. The lowest BCUT2D eigenvalue weighted by molar-refractivity contribution is -0.137. The van der Waals surface area contributed by atoms with Crippen molar-refractivity contribution in [3.05, 3.63) is 113 Å². The number of benzene rings is 4. The van der Waals surface area contributed by atoms with E-state index in [0.29, 0.717) is 19.0 Å². The van der Waals surface area contributed by atoms with Crippen LogP contribution in [0.1, 0.15) is 48.2 Å². The van der Waals surface area contributed by atoms with Gasteiger partial charge in [-0.2, -0.15) is 13.2 Å². The highest BCUT2D eigenvalue weighted by molar-refractivity contribution is 8.00. The molecule has 0 saturated heterocycles. The lowest BCUT2D eigenvalue weighted by Crippen LogP contribution is -2.44. The van der Waals surface area contributed by atoms with Crippen molar-refractivity contribution < 1.29 is 27.1 Å².